The summed E-state index contributed by atoms with van der Waals surface area (Å²) in [6.07, 6.45) is 0.499. The van der Waals surface area contributed by atoms with Crippen LogP contribution in [0.1, 0.15) is 42.3 Å². The van der Waals surface area contributed by atoms with Gasteiger partial charge in [0.2, 0.25) is 0 Å². The van der Waals surface area contributed by atoms with Crippen molar-refractivity contribution >= 4 is 22.5 Å². The highest BCUT2D eigenvalue weighted by Gasteiger charge is 2.30. The van der Waals surface area contributed by atoms with Crippen LogP contribution in [-0.4, -0.2) is 28.5 Å². The van der Waals surface area contributed by atoms with Gasteiger partial charge in [-0.05, 0) is 38.1 Å². The number of ketones is 1. The number of aryl methyl sites for hydroxylation is 1. The van der Waals surface area contributed by atoms with E-state index >= 15 is 0 Å². The van der Waals surface area contributed by atoms with Crippen LogP contribution in [0.3, 0.4) is 0 Å². The Morgan fingerprint density at radius 3 is 2.85 bits per heavy atom. The Bertz CT molecular complexity index is 1440. The highest BCUT2D eigenvalue weighted by Crippen LogP contribution is 2.42. The maximum absolute atomic E-state index is 14.0. The number of carbonyl (C=O) groups is 1. The number of halogens is 1. The first kappa shape index (κ1) is 20.7. The van der Waals surface area contributed by atoms with E-state index in [0.717, 1.165) is 45.3 Å². The Hall–Kier alpha value is -3.87. The molecule has 0 saturated heterocycles. The SMILES string of the molecule is CC(=O)CC1COc2cc(NC3COc4c3cccc4-n3c(C)nc4ccc(F)cc43)ccc21. The number of ether oxygens (including phenoxy) is 2. The van der Waals surface area contributed by atoms with E-state index in [2.05, 4.69) is 10.3 Å². The second-order valence-electron chi connectivity index (χ2n) is 9.00. The van der Waals surface area contributed by atoms with Gasteiger partial charge in [0, 0.05) is 41.3 Å². The summed E-state index contributed by atoms with van der Waals surface area (Å²) in [5.74, 6) is 2.36. The number of anilines is 1. The molecule has 1 aromatic heterocycles. The fourth-order valence-electron chi connectivity index (χ4n) is 5.08. The smallest absolute Gasteiger partial charge is 0.148 e. The minimum absolute atomic E-state index is 0.0470. The quantitative estimate of drug-likeness (QED) is 0.430. The lowest BCUT2D eigenvalue weighted by Crippen LogP contribution is -2.11. The summed E-state index contributed by atoms with van der Waals surface area (Å²) >= 11 is 0. The number of hydrogen-bond acceptors (Lipinski definition) is 5. The maximum Gasteiger partial charge on any atom is 0.148 e. The molecule has 2 aliphatic rings. The van der Waals surface area contributed by atoms with E-state index in [1.807, 2.05) is 47.9 Å². The van der Waals surface area contributed by atoms with Crippen LogP contribution in [0, 0.1) is 12.7 Å². The highest BCUT2D eigenvalue weighted by atomic mass is 19.1. The Morgan fingerprint density at radius 2 is 2.00 bits per heavy atom. The van der Waals surface area contributed by atoms with Crippen molar-refractivity contribution < 1.29 is 18.7 Å². The first-order valence-electron chi connectivity index (χ1n) is 11.4. The van der Waals surface area contributed by atoms with Gasteiger partial charge in [-0.3, -0.25) is 4.57 Å². The number of benzene rings is 3. The van der Waals surface area contributed by atoms with Gasteiger partial charge >= 0.3 is 0 Å². The topological polar surface area (TPSA) is 65.4 Å². The molecule has 2 unspecified atom stereocenters. The standard InChI is InChI=1S/C27H24FN3O3/c1-15(32)10-17-13-33-26-12-19(7-8-20(17)26)30-23-14-34-27-21(23)4-3-5-24(27)31-16(2)29-22-9-6-18(28)11-25(22)31/h3-9,11-12,17,23,30H,10,13-14H2,1-2H3. The summed E-state index contributed by atoms with van der Waals surface area (Å²) in [5.41, 5.74) is 5.34. The van der Waals surface area contributed by atoms with Gasteiger partial charge in [-0.2, -0.15) is 0 Å². The third-order valence-corrected chi connectivity index (χ3v) is 6.59. The summed E-state index contributed by atoms with van der Waals surface area (Å²) < 4.78 is 27.9. The Kier molecular flexibility index (Phi) is 4.79. The number of imidazole rings is 1. The van der Waals surface area contributed by atoms with Gasteiger partial charge in [0.1, 0.15) is 35.5 Å². The molecule has 0 amide bonds. The van der Waals surface area contributed by atoms with Gasteiger partial charge in [-0.25, -0.2) is 9.37 Å². The monoisotopic (exact) mass is 457 g/mol. The first-order valence-corrected chi connectivity index (χ1v) is 11.4. The molecular weight excluding hydrogens is 433 g/mol. The van der Waals surface area contributed by atoms with Crippen molar-refractivity contribution in [1.82, 2.24) is 9.55 Å². The molecule has 7 heteroatoms. The lowest BCUT2D eigenvalue weighted by molar-refractivity contribution is -0.117. The van der Waals surface area contributed by atoms with Crippen molar-refractivity contribution in [3.8, 4) is 17.2 Å². The number of fused-ring (bicyclic) bond motifs is 3. The molecule has 6 rings (SSSR count). The van der Waals surface area contributed by atoms with Crippen LogP contribution < -0.4 is 14.8 Å². The maximum atomic E-state index is 14.0. The van der Waals surface area contributed by atoms with Crippen LogP contribution in [-0.2, 0) is 4.79 Å². The Labute approximate surface area is 196 Å². The van der Waals surface area contributed by atoms with Crippen LogP contribution in [0.2, 0.25) is 0 Å². The number of para-hydroxylation sites is 1. The zero-order valence-corrected chi connectivity index (χ0v) is 19.0. The number of aromatic nitrogens is 2. The molecule has 1 N–H and O–H groups in total. The highest BCUT2D eigenvalue weighted by molar-refractivity contribution is 5.80. The van der Waals surface area contributed by atoms with E-state index in [1.165, 1.54) is 12.1 Å². The Balaban J connectivity index is 1.31. The molecule has 0 radical (unpaired) electrons. The number of Topliss-reactive ketones (excluding diaryl/α,β-unsaturated/α-hetero) is 1. The fraction of sp³-hybridized carbons (Fsp3) is 0.259. The molecule has 172 valence electrons. The molecule has 2 atom stereocenters. The van der Waals surface area contributed by atoms with Crippen LogP contribution in [0.15, 0.2) is 54.6 Å². The normalized spacial score (nSPS) is 18.3. The molecule has 0 saturated carbocycles. The van der Waals surface area contributed by atoms with E-state index in [9.17, 15) is 9.18 Å². The summed E-state index contributed by atoms with van der Waals surface area (Å²) in [6, 6.07) is 16.6. The fourth-order valence-corrected chi connectivity index (χ4v) is 5.08. The number of nitrogens with zero attached hydrogens (tertiary/aromatic N) is 2. The number of carbonyl (C=O) groups excluding carboxylic acids is 1. The molecule has 0 aliphatic carbocycles. The van der Waals surface area contributed by atoms with Crippen molar-refractivity contribution in [2.24, 2.45) is 0 Å². The Morgan fingerprint density at radius 1 is 1.12 bits per heavy atom. The van der Waals surface area contributed by atoms with E-state index < -0.39 is 0 Å². The molecule has 0 spiro atoms. The summed E-state index contributed by atoms with van der Waals surface area (Å²) in [5, 5.41) is 3.56. The summed E-state index contributed by atoms with van der Waals surface area (Å²) in [7, 11) is 0. The van der Waals surface area contributed by atoms with E-state index in [1.54, 1.807) is 13.0 Å². The van der Waals surface area contributed by atoms with Crippen molar-refractivity contribution in [3.05, 3.63) is 77.4 Å². The second-order valence-corrected chi connectivity index (χ2v) is 9.00. The van der Waals surface area contributed by atoms with Crippen molar-refractivity contribution in [2.75, 3.05) is 18.5 Å². The molecular formula is C27H24FN3O3. The summed E-state index contributed by atoms with van der Waals surface area (Å²) in [4.78, 5) is 16.1. The van der Waals surface area contributed by atoms with Crippen LogP contribution >= 0.6 is 0 Å². The third-order valence-electron chi connectivity index (χ3n) is 6.59. The second kappa shape index (κ2) is 7.87. The average Bonchev–Trinajstić information content (AvgIpc) is 3.48. The molecule has 3 aromatic carbocycles. The molecule has 0 bridgehead atoms. The van der Waals surface area contributed by atoms with Gasteiger partial charge < -0.3 is 19.6 Å². The zero-order valence-electron chi connectivity index (χ0n) is 19.0. The lowest BCUT2D eigenvalue weighted by atomic mass is 9.96. The van der Waals surface area contributed by atoms with Crippen LogP contribution in [0.4, 0.5) is 10.1 Å². The van der Waals surface area contributed by atoms with Crippen molar-refractivity contribution in [1.29, 1.82) is 0 Å². The third kappa shape index (κ3) is 3.39. The first-order chi connectivity index (χ1) is 16.5. The minimum atomic E-state index is -0.300. The molecule has 34 heavy (non-hydrogen) atoms. The van der Waals surface area contributed by atoms with Crippen molar-refractivity contribution in [3.63, 3.8) is 0 Å². The van der Waals surface area contributed by atoms with E-state index in [-0.39, 0.29) is 23.6 Å². The van der Waals surface area contributed by atoms with Gasteiger partial charge in [-0.1, -0.05) is 18.2 Å². The predicted octanol–water partition coefficient (Wildman–Crippen LogP) is 5.47. The largest absolute Gasteiger partial charge is 0.493 e. The zero-order chi connectivity index (χ0) is 23.4. The van der Waals surface area contributed by atoms with Gasteiger partial charge in [0.05, 0.1) is 29.4 Å². The molecule has 0 fully saturated rings. The number of nitrogens with one attached hydrogen (secondary N) is 1. The van der Waals surface area contributed by atoms with E-state index in [0.29, 0.717) is 25.2 Å². The average molecular weight is 458 g/mol. The van der Waals surface area contributed by atoms with Gasteiger partial charge in [-0.15, -0.1) is 0 Å². The molecule has 6 nitrogen and oxygen atoms in total. The number of hydrogen-bond donors (Lipinski definition) is 1. The molecule has 2 aliphatic heterocycles. The molecule has 4 aromatic rings. The lowest BCUT2D eigenvalue weighted by Gasteiger charge is -2.15. The van der Waals surface area contributed by atoms with Crippen LogP contribution in [0.5, 0.6) is 11.5 Å². The minimum Gasteiger partial charge on any atom is -0.493 e. The predicted molar refractivity (Wildman–Crippen MR) is 128 cm³/mol. The summed E-state index contributed by atoms with van der Waals surface area (Å²) in [6.45, 7) is 4.53. The van der Waals surface area contributed by atoms with Gasteiger partial charge in [0.25, 0.3) is 0 Å². The van der Waals surface area contributed by atoms with Gasteiger partial charge in [0.15, 0.2) is 0 Å². The number of rotatable bonds is 5. The van der Waals surface area contributed by atoms with Crippen LogP contribution in [0.25, 0.3) is 16.7 Å². The van der Waals surface area contributed by atoms with E-state index in [4.69, 9.17) is 9.47 Å². The molecule has 3 heterocycles. The van der Waals surface area contributed by atoms with Crippen molar-refractivity contribution in [2.45, 2.75) is 32.2 Å².